The Hall–Kier alpha value is -1.61. The first-order chi connectivity index (χ1) is 10.0. The maximum atomic E-state index is 12.1. The van der Waals surface area contributed by atoms with Crippen molar-refractivity contribution in [1.29, 1.82) is 5.26 Å². The number of amides is 1. The predicted octanol–water partition coefficient (Wildman–Crippen LogP) is 1.21. The lowest BCUT2D eigenvalue weighted by Crippen LogP contribution is -2.49. The van der Waals surface area contributed by atoms with Crippen molar-refractivity contribution in [1.82, 2.24) is 10.2 Å². The first kappa shape index (κ1) is 17.4. The van der Waals surface area contributed by atoms with Gasteiger partial charge in [0.25, 0.3) is 0 Å². The number of hydrogen-bond donors (Lipinski definition) is 1. The fraction of sp³-hybridized carbons (Fsp3) is 0.800. The van der Waals surface area contributed by atoms with Gasteiger partial charge in [0, 0.05) is 0 Å². The van der Waals surface area contributed by atoms with Crippen LogP contribution in [0.2, 0.25) is 0 Å². The van der Waals surface area contributed by atoms with Crippen LogP contribution >= 0.6 is 0 Å². The summed E-state index contributed by atoms with van der Waals surface area (Å²) < 4.78 is 4.91. The molecular formula is C15H25N3O3. The topological polar surface area (TPSA) is 82.4 Å². The summed E-state index contributed by atoms with van der Waals surface area (Å²) >= 11 is 0. The lowest BCUT2D eigenvalue weighted by atomic mass is 10.00. The summed E-state index contributed by atoms with van der Waals surface area (Å²) in [7, 11) is 0. The Bertz CT molecular complexity index is 397. The molecule has 1 saturated carbocycles. The highest BCUT2D eigenvalue weighted by molar-refractivity contribution is 5.80. The molecule has 1 aliphatic carbocycles. The van der Waals surface area contributed by atoms with Crippen LogP contribution in [0.5, 0.6) is 0 Å². The average Bonchev–Trinajstić information content (AvgIpc) is 2.88. The van der Waals surface area contributed by atoms with E-state index in [9.17, 15) is 14.9 Å². The normalized spacial score (nSPS) is 16.5. The van der Waals surface area contributed by atoms with Crippen LogP contribution < -0.4 is 5.32 Å². The van der Waals surface area contributed by atoms with Gasteiger partial charge in [0.1, 0.15) is 5.54 Å². The summed E-state index contributed by atoms with van der Waals surface area (Å²) in [4.78, 5) is 25.4. The maximum Gasteiger partial charge on any atom is 0.320 e. The Labute approximate surface area is 126 Å². The molecule has 6 nitrogen and oxygen atoms in total. The number of nitriles is 1. The number of carbonyl (C=O) groups is 2. The molecule has 0 heterocycles. The zero-order valence-corrected chi connectivity index (χ0v) is 13.0. The molecule has 0 aliphatic heterocycles. The zero-order valence-electron chi connectivity index (χ0n) is 13.0. The van der Waals surface area contributed by atoms with E-state index >= 15 is 0 Å². The minimum absolute atomic E-state index is 0.106. The quantitative estimate of drug-likeness (QED) is 0.681. The van der Waals surface area contributed by atoms with E-state index in [-0.39, 0.29) is 25.0 Å². The highest BCUT2D eigenvalue weighted by atomic mass is 16.5. The van der Waals surface area contributed by atoms with Crippen molar-refractivity contribution in [2.24, 2.45) is 0 Å². The van der Waals surface area contributed by atoms with Crippen LogP contribution in [0, 0.1) is 11.3 Å². The average molecular weight is 295 g/mol. The van der Waals surface area contributed by atoms with Gasteiger partial charge >= 0.3 is 5.97 Å². The summed E-state index contributed by atoms with van der Waals surface area (Å²) in [5, 5.41) is 12.1. The summed E-state index contributed by atoms with van der Waals surface area (Å²) in [6.45, 7) is 4.95. The molecule has 0 bridgehead atoms. The molecule has 1 N–H and O–H groups in total. The standard InChI is InChI=1S/C15H25N3O3/c1-3-9-18(11-14(20)21-4-2)10-13(19)17-15(12-16)7-5-6-8-15/h3-11H2,1-2H3,(H,17,19). The fourth-order valence-corrected chi connectivity index (χ4v) is 2.67. The molecule has 1 rings (SSSR count). The lowest BCUT2D eigenvalue weighted by molar-refractivity contribution is -0.144. The van der Waals surface area contributed by atoms with Gasteiger partial charge < -0.3 is 10.1 Å². The number of hydrogen-bond acceptors (Lipinski definition) is 5. The molecule has 0 unspecified atom stereocenters. The molecule has 0 aromatic carbocycles. The highest BCUT2D eigenvalue weighted by Crippen LogP contribution is 2.28. The molecule has 0 saturated heterocycles. The Kier molecular flexibility index (Phi) is 7.17. The fourth-order valence-electron chi connectivity index (χ4n) is 2.67. The third-order valence-electron chi connectivity index (χ3n) is 3.61. The van der Waals surface area contributed by atoms with Crippen LogP contribution in [0.4, 0.5) is 0 Å². The van der Waals surface area contributed by atoms with E-state index in [1.165, 1.54) is 0 Å². The molecule has 0 radical (unpaired) electrons. The van der Waals surface area contributed by atoms with Crippen molar-refractivity contribution in [3.05, 3.63) is 0 Å². The second-order valence-electron chi connectivity index (χ2n) is 5.46. The molecule has 0 atom stereocenters. The molecular weight excluding hydrogens is 270 g/mol. The van der Waals surface area contributed by atoms with Crippen molar-refractivity contribution < 1.29 is 14.3 Å². The molecule has 6 heteroatoms. The van der Waals surface area contributed by atoms with Crippen molar-refractivity contribution in [3.8, 4) is 6.07 Å². The van der Waals surface area contributed by atoms with Gasteiger partial charge in [-0.3, -0.25) is 14.5 Å². The summed E-state index contributed by atoms with van der Waals surface area (Å²) in [5.41, 5.74) is -0.709. The highest BCUT2D eigenvalue weighted by Gasteiger charge is 2.35. The molecule has 0 aromatic heterocycles. The van der Waals surface area contributed by atoms with Gasteiger partial charge in [-0.15, -0.1) is 0 Å². The van der Waals surface area contributed by atoms with Crippen molar-refractivity contribution in [3.63, 3.8) is 0 Å². The first-order valence-electron chi connectivity index (χ1n) is 7.65. The summed E-state index contributed by atoms with van der Waals surface area (Å²) in [6, 6.07) is 2.23. The van der Waals surface area contributed by atoms with Gasteiger partial charge in [-0.25, -0.2) is 0 Å². The Balaban J connectivity index is 2.52. The Morgan fingerprint density at radius 3 is 2.48 bits per heavy atom. The first-order valence-corrected chi connectivity index (χ1v) is 7.65. The summed E-state index contributed by atoms with van der Waals surface area (Å²) in [5.74, 6) is -0.522. The van der Waals surface area contributed by atoms with Gasteiger partial charge in [0.05, 0.1) is 25.8 Å². The molecule has 1 aliphatic rings. The SMILES string of the molecule is CCCN(CC(=O)NC1(C#N)CCCC1)CC(=O)OCC. The van der Waals surface area contributed by atoms with Crippen molar-refractivity contribution in [2.75, 3.05) is 26.2 Å². The maximum absolute atomic E-state index is 12.1. The van der Waals surface area contributed by atoms with E-state index < -0.39 is 5.54 Å². The molecule has 1 fully saturated rings. The van der Waals surface area contributed by atoms with E-state index in [1.54, 1.807) is 11.8 Å². The number of rotatable bonds is 8. The molecule has 0 aromatic rings. The van der Waals surface area contributed by atoms with Crippen molar-refractivity contribution in [2.45, 2.75) is 51.5 Å². The molecule has 118 valence electrons. The van der Waals surface area contributed by atoms with Crippen LogP contribution in [0.25, 0.3) is 0 Å². The Morgan fingerprint density at radius 2 is 1.95 bits per heavy atom. The van der Waals surface area contributed by atoms with E-state index in [1.807, 2.05) is 6.92 Å². The number of carbonyl (C=O) groups excluding carboxylic acids is 2. The number of ether oxygens (including phenoxy) is 1. The van der Waals surface area contributed by atoms with Crippen LogP contribution in [0.3, 0.4) is 0 Å². The second kappa shape index (κ2) is 8.63. The van der Waals surface area contributed by atoms with Gasteiger partial charge in [0.15, 0.2) is 0 Å². The van der Waals surface area contributed by atoms with E-state index in [4.69, 9.17) is 4.74 Å². The largest absolute Gasteiger partial charge is 0.465 e. The van der Waals surface area contributed by atoms with Gasteiger partial charge in [0.2, 0.25) is 5.91 Å². The third kappa shape index (κ3) is 5.72. The number of nitrogens with one attached hydrogen (secondary N) is 1. The minimum Gasteiger partial charge on any atom is -0.465 e. The van der Waals surface area contributed by atoms with Crippen LogP contribution in [0.1, 0.15) is 46.0 Å². The number of esters is 1. The molecule has 0 spiro atoms. The van der Waals surface area contributed by atoms with Crippen LogP contribution in [-0.4, -0.2) is 48.6 Å². The zero-order chi connectivity index (χ0) is 15.7. The van der Waals surface area contributed by atoms with E-state index in [0.717, 1.165) is 19.3 Å². The van der Waals surface area contributed by atoms with Gasteiger partial charge in [-0.05, 0) is 45.6 Å². The lowest BCUT2D eigenvalue weighted by Gasteiger charge is -2.25. The molecule has 1 amide bonds. The third-order valence-corrected chi connectivity index (χ3v) is 3.61. The van der Waals surface area contributed by atoms with E-state index in [2.05, 4.69) is 11.4 Å². The summed E-state index contributed by atoms with van der Waals surface area (Å²) in [6.07, 6.45) is 4.20. The molecule has 21 heavy (non-hydrogen) atoms. The second-order valence-corrected chi connectivity index (χ2v) is 5.46. The van der Waals surface area contributed by atoms with Crippen LogP contribution in [-0.2, 0) is 14.3 Å². The monoisotopic (exact) mass is 295 g/mol. The van der Waals surface area contributed by atoms with Crippen LogP contribution in [0.15, 0.2) is 0 Å². The Morgan fingerprint density at radius 1 is 1.29 bits per heavy atom. The van der Waals surface area contributed by atoms with Gasteiger partial charge in [-0.1, -0.05) is 6.92 Å². The van der Waals surface area contributed by atoms with Gasteiger partial charge in [-0.2, -0.15) is 5.26 Å². The van der Waals surface area contributed by atoms with Crippen molar-refractivity contribution >= 4 is 11.9 Å². The minimum atomic E-state index is -0.709. The van der Waals surface area contributed by atoms with E-state index in [0.29, 0.717) is 26.0 Å². The predicted molar refractivity (Wildman–Crippen MR) is 78.3 cm³/mol. The number of nitrogens with zero attached hydrogens (tertiary/aromatic N) is 2. The smallest absolute Gasteiger partial charge is 0.320 e.